The van der Waals surface area contributed by atoms with Gasteiger partial charge in [-0.2, -0.15) is 0 Å². The van der Waals surface area contributed by atoms with Gasteiger partial charge in [-0.3, -0.25) is 10.1 Å². The number of nitrogens with one attached hydrogen (secondary N) is 2. The van der Waals surface area contributed by atoms with Crippen LogP contribution in [0.25, 0.3) is 0 Å². The molecule has 0 unspecified atom stereocenters. The van der Waals surface area contributed by atoms with Gasteiger partial charge >= 0.3 is 5.69 Å². The van der Waals surface area contributed by atoms with E-state index in [2.05, 4.69) is 20.6 Å². The van der Waals surface area contributed by atoms with Gasteiger partial charge in [0.1, 0.15) is 12.1 Å². The first-order valence-corrected chi connectivity index (χ1v) is 7.02. The molecule has 0 saturated heterocycles. The van der Waals surface area contributed by atoms with E-state index in [4.69, 9.17) is 4.42 Å². The number of aromatic nitrogens is 2. The highest BCUT2D eigenvalue weighted by molar-refractivity contribution is 5.73. The monoisotopic (exact) mass is 347 g/mol. The van der Waals surface area contributed by atoms with Gasteiger partial charge in [0.25, 0.3) is 0 Å². The molecule has 0 saturated carbocycles. The Morgan fingerprint density at radius 2 is 1.96 bits per heavy atom. The van der Waals surface area contributed by atoms with Crippen molar-refractivity contribution in [2.24, 2.45) is 0 Å². The van der Waals surface area contributed by atoms with Gasteiger partial charge in [0.05, 0.1) is 17.7 Å². The minimum atomic E-state index is -1.09. The zero-order chi connectivity index (χ0) is 17.8. The molecule has 2 aromatic heterocycles. The van der Waals surface area contributed by atoms with Crippen LogP contribution < -0.4 is 10.6 Å². The Labute approximate surface area is 139 Å². The maximum atomic E-state index is 13.3. The SMILES string of the molecule is O=[N+]([O-])c1c(NCc2ccco2)ncnc1Nc1ccc(F)c(F)c1. The first-order valence-electron chi connectivity index (χ1n) is 7.02. The van der Waals surface area contributed by atoms with Crippen LogP contribution in [0.15, 0.2) is 47.3 Å². The summed E-state index contributed by atoms with van der Waals surface area (Å²) in [5.74, 6) is -1.75. The summed E-state index contributed by atoms with van der Waals surface area (Å²) in [7, 11) is 0. The molecule has 25 heavy (non-hydrogen) atoms. The highest BCUT2D eigenvalue weighted by Crippen LogP contribution is 2.31. The topological polar surface area (TPSA) is 106 Å². The summed E-state index contributed by atoms with van der Waals surface area (Å²) in [5, 5.41) is 16.8. The second-order valence-electron chi connectivity index (χ2n) is 4.86. The predicted octanol–water partition coefficient (Wildman–Crippen LogP) is 3.61. The van der Waals surface area contributed by atoms with E-state index >= 15 is 0 Å². The Balaban J connectivity index is 1.89. The maximum Gasteiger partial charge on any atom is 0.353 e. The number of hydrogen-bond acceptors (Lipinski definition) is 7. The lowest BCUT2D eigenvalue weighted by atomic mass is 10.3. The quantitative estimate of drug-likeness (QED) is 0.518. The van der Waals surface area contributed by atoms with Gasteiger partial charge in [-0.05, 0) is 24.3 Å². The van der Waals surface area contributed by atoms with Crippen molar-refractivity contribution in [3.8, 4) is 0 Å². The molecular formula is C15H11F2N5O3. The summed E-state index contributed by atoms with van der Waals surface area (Å²) in [6.45, 7) is 0.176. The molecule has 3 rings (SSSR count). The Morgan fingerprint density at radius 1 is 1.16 bits per heavy atom. The molecule has 0 aliphatic rings. The largest absolute Gasteiger partial charge is 0.467 e. The third kappa shape index (κ3) is 3.68. The second-order valence-corrected chi connectivity index (χ2v) is 4.86. The van der Waals surface area contributed by atoms with Crippen LogP contribution >= 0.6 is 0 Å². The smallest absolute Gasteiger partial charge is 0.353 e. The third-order valence-corrected chi connectivity index (χ3v) is 3.20. The van der Waals surface area contributed by atoms with Gasteiger partial charge in [0.15, 0.2) is 11.6 Å². The minimum Gasteiger partial charge on any atom is -0.467 e. The molecule has 0 aliphatic heterocycles. The number of anilines is 3. The fourth-order valence-corrected chi connectivity index (χ4v) is 2.07. The zero-order valence-electron chi connectivity index (χ0n) is 12.6. The Kier molecular flexibility index (Phi) is 4.50. The van der Waals surface area contributed by atoms with E-state index < -0.39 is 22.2 Å². The number of hydrogen-bond donors (Lipinski definition) is 2. The van der Waals surface area contributed by atoms with Gasteiger partial charge in [0, 0.05) is 11.8 Å². The van der Waals surface area contributed by atoms with Crippen LogP contribution in [-0.2, 0) is 6.54 Å². The molecule has 3 aromatic rings. The molecule has 0 atom stereocenters. The van der Waals surface area contributed by atoms with E-state index in [1.807, 2.05) is 0 Å². The zero-order valence-corrected chi connectivity index (χ0v) is 12.6. The van der Waals surface area contributed by atoms with E-state index in [1.54, 1.807) is 12.1 Å². The molecule has 1 aromatic carbocycles. The first-order chi connectivity index (χ1) is 12.0. The number of furan rings is 1. The van der Waals surface area contributed by atoms with Crippen molar-refractivity contribution in [3.63, 3.8) is 0 Å². The molecule has 0 amide bonds. The molecule has 0 aliphatic carbocycles. The summed E-state index contributed by atoms with van der Waals surface area (Å²) in [5.41, 5.74) is -0.323. The van der Waals surface area contributed by atoms with Gasteiger partial charge in [-0.25, -0.2) is 18.7 Å². The van der Waals surface area contributed by atoms with Crippen LogP contribution in [0.4, 0.5) is 31.8 Å². The third-order valence-electron chi connectivity index (χ3n) is 3.20. The highest BCUT2D eigenvalue weighted by atomic mass is 19.2. The van der Waals surface area contributed by atoms with Crippen molar-refractivity contribution in [1.82, 2.24) is 9.97 Å². The normalized spacial score (nSPS) is 10.5. The van der Waals surface area contributed by atoms with Crippen molar-refractivity contribution < 1.29 is 18.1 Å². The van der Waals surface area contributed by atoms with Gasteiger partial charge < -0.3 is 15.1 Å². The molecule has 0 spiro atoms. The first kappa shape index (κ1) is 16.3. The van der Waals surface area contributed by atoms with Crippen molar-refractivity contribution in [2.45, 2.75) is 6.54 Å². The molecule has 0 radical (unpaired) electrons. The maximum absolute atomic E-state index is 13.3. The lowest BCUT2D eigenvalue weighted by molar-refractivity contribution is -0.383. The van der Waals surface area contributed by atoms with Crippen LogP contribution in [0.1, 0.15) is 5.76 Å². The van der Waals surface area contributed by atoms with E-state index in [0.29, 0.717) is 5.76 Å². The number of nitro groups is 1. The second kappa shape index (κ2) is 6.91. The van der Waals surface area contributed by atoms with Crippen LogP contribution in [0.2, 0.25) is 0 Å². The van der Waals surface area contributed by atoms with Gasteiger partial charge in [-0.15, -0.1) is 0 Å². The van der Waals surface area contributed by atoms with E-state index in [-0.39, 0.29) is 23.9 Å². The molecule has 2 heterocycles. The Bertz CT molecular complexity index is 902. The number of nitrogens with zero attached hydrogens (tertiary/aromatic N) is 3. The minimum absolute atomic E-state index is 0.0403. The van der Waals surface area contributed by atoms with E-state index in [9.17, 15) is 18.9 Å². The van der Waals surface area contributed by atoms with Crippen molar-refractivity contribution in [1.29, 1.82) is 0 Å². The molecule has 0 fully saturated rings. The van der Waals surface area contributed by atoms with Gasteiger partial charge in [0.2, 0.25) is 11.6 Å². The van der Waals surface area contributed by atoms with E-state index in [1.165, 1.54) is 12.3 Å². The van der Waals surface area contributed by atoms with Crippen LogP contribution in [0.3, 0.4) is 0 Å². The summed E-state index contributed by atoms with van der Waals surface area (Å²) >= 11 is 0. The fraction of sp³-hybridized carbons (Fsp3) is 0.0667. The molecular weight excluding hydrogens is 336 g/mol. The van der Waals surface area contributed by atoms with Crippen LogP contribution in [0, 0.1) is 21.7 Å². The average Bonchev–Trinajstić information content (AvgIpc) is 3.09. The van der Waals surface area contributed by atoms with Gasteiger partial charge in [-0.1, -0.05) is 0 Å². The average molecular weight is 347 g/mol. The fourth-order valence-electron chi connectivity index (χ4n) is 2.07. The summed E-state index contributed by atoms with van der Waals surface area (Å²) in [6, 6.07) is 6.39. The Morgan fingerprint density at radius 3 is 2.64 bits per heavy atom. The molecule has 10 heteroatoms. The molecule has 8 nitrogen and oxygen atoms in total. The summed E-state index contributed by atoms with van der Waals surface area (Å²) in [4.78, 5) is 18.4. The summed E-state index contributed by atoms with van der Waals surface area (Å²) in [6.07, 6.45) is 2.58. The molecule has 2 N–H and O–H groups in total. The predicted molar refractivity (Wildman–Crippen MR) is 84.4 cm³/mol. The van der Waals surface area contributed by atoms with Crippen molar-refractivity contribution in [3.05, 3.63) is 70.4 Å². The van der Waals surface area contributed by atoms with Crippen LogP contribution in [-0.4, -0.2) is 14.9 Å². The highest BCUT2D eigenvalue weighted by Gasteiger charge is 2.23. The number of halogens is 2. The van der Waals surface area contributed by atoms with E-state index in [0.717, 1.165) is 18.5 Å². The number of rotatable bonds is 6. The number of benzene rings is 1. The Hall–Kier alpha value is -3.56. The van der Waals surface area contributed by atoms with Crippen LogP contribution in [0.5, 0.6) is 0 Å². The lowest BCUT2D eigenvalue weighted by Gasteiger charge is -2.09. The van der Waals surface area contributed by atoms with Crippen molar-refractivity contribution >= 4 is 23.0 Å². The van der Waals surface area contributed by atoms with Crippen molar-refractivity contribution in [2.75, 3.05) is 10.6 Å². The lowest BCUT2D eigenvalue weighted by Crippen LogP contribution is -2.08. The molecule has 0 bridgehead atoms. The molecule has 128 valence electrons. The summed E-state index contributed by atoms with van der Waals surface area (Å²) < 4.78 is 31.4. The standard InChI is InChI=1S/C15H11F2N5O3/c16-11-4-3-9(6-12(11)17)21-15-13(22(23)24)14(19-8-20-15)18-7-10-2-1-5-25-10/h1-6,8H,7H2,(H2,18,19,20,21).